The van der Waals surface area contributed by atoms with Gasteiger partial charge in [0.25, 0.3) is 0 Å². The molecule has 6 nitrogen and oxygen atoms in total. The van der Waals surface area contributed by atoms with E-state index in [2.05, 4.69) is 47.4 Å². The van der Waals surface area contributed by atoms with Crippen molar-refractivity contribution in [3.05, 3.63) is 35.6 Å². The molecule has 0 amide bonds. The first-order valence-corrected chi connectivity index (χ1v) is 10.6. The minimum absolute atomic E-state index is 0.550. The molecule has 2 aromatic rings. The Balaban J connectivity index is 1.49. The lowest BCUT2D eigenvalue weighted by atomic mass is 10.1. The first-order chi connectivity index (χ1) is 13.7. The zero-order valence-corrected chi connectivity index (χ0v) is 17.6. The fourth-order valence-electron chi connectivity index (χ4n) is 3.70. The van der Waals surface area contributed by atoms with E-state index in [1.54, 1.807) is 0 Å². The van der Waals surface area contributed by atoms with Gasteiger partial charge in [0.2, 0.25) is 0 Å². The molecule has 3 rings (SSSR count). The van der Waals surface area contributed by atoms with Gasteiger partial charge in [-0.05, 0) is 59.4 Å². The number of nitrogens with zero attached hydrogens (tertiary/aromatic N) is 3. The second kappa shape index (κ2) is 10.5. The molecule has 2 heterocycles. The molecule has 0 spiro atoms. The SMILES string of the molecule is CCNC(=NCc1oc2ccccc2c1C)NCCCN1CCCN(C)CC1. The maximum Gasteiger partial charge on any atom is 0.191 e. The number of aryl methyl sites for hydroxylation is 1. The number of fused-ring (bicyclic) bond motifs is 1. The lowest BCUT2D eigenvalue weighted by Crippen LogP contribution is -2.39. The normalized spacial score (nSPS) is 17.0. The Labute approximate surface area is 169 Å². The molecule has 1 aliphatic heterocycles. The lowest BCUT2D eigenvalue weighted by Gasteiger charge is -2.20. The molecule has 0 bridgehead atoms. The maximum atomic E-state index is 5.98. The number of hydrogen-bond acceptors (Lipinski definition) is 4. The van der Waals surface area contributed by atoms with Crippen LogP contribution in [-0.4, -0.2) is 68.6 Å². The van der Waals surface area contributed by atoms with E-state index >= 15 is 0 Å². The smallest absolute Gasteiger partial charge is 0.191 e. The molecule has 2 N–H and O–H groups in total. The minimum atomic E-state index is 0.550. The molecule has 0 unspecified atom stereocenters. The van der Waals surface area contributed by atoms with E-state index in [0.717, 1.165) is 43.4 Å². The molecule has 1 aliphatic rings. The number of para-hydroxylation sites is 1. The second-order valence-corrected chi connectivity index (χ2v) is 7.62. The summed E-state index contributed by atoms with van der Waals surface area (Å²) < 4.78 is 5.98. The van der Waals surface area contributed by atoms with Crippen molar-refractivity contribution in [3.63, 3.8) is 0 Å². The van der Waals surface area contributed by atoms with Crippen LogP contribution in [0.4, 0.5) is 0 Å². The molecule has 28 heavy (non-hydrogen) atoms. The summed E-state index contributed by atoms with van der Waals surface area (Å²) in [5.41, 5.74) is 2.12. The Morgan fingerprint density at radius 3 is 2.82 bits per heavy atom. The van der Waals surface area contributed by atoms with Crippen molar-refractivity contribution in [3.8, 4) is 0 Å². The molecule has 1 aromatic carbocycles. The zero-order valence-electron chi connectivity index (χ0n) is 17.6. The van der Waals surface area contributed by atoms with Gasteiger partial charge in [-0.3, -0.25) is 0 Å². The Hall–Kier alpha value is -2.05. The van der Waals surface area contributed by atoms with Gasteiger partial charge in [-0.2, -0.15) is 0 Å². The van der Waals surface area contributed by atoms with Crippen molar-refractivity contribution < 1.29 is 4.42 Å². The summed E-state index contributed by atoms with van der Waals surface area (Å²) in [6.45, 7) is 12.5. The number of nitrogens with one attached hydrogen (secondary N) is 2. The van der Waals surface area contributed by atoms with E-state index in [4.69, 9.17) is 9.41 Å². The van der Waals surface area contributed by atoms with Crippen LogP contribution in [0.25, 0.3) is 11.0 Å². The van der Waals surface area contributed by atoms with Crippen LogP contribution in [0, 0.1) is 6.92 Å². The number of furan rings is 1. The van der Waals surface area contributed by atoms with Gasteiger partial charge >= 0.3 is 0 Å². The molecular formula is C22H35N5O. The van der Waals surface area contributed by atoms with Crippen molar-refractivity contribution in [2.24, 2.45) is 4.99 Å². The predicted molar refractivity (Wildman–Crippen MR) is 117 cm³/mol. The molecule has 1 aromatic heterocycles. The number of guanidine groups is 1. The number of likely N-dealkylation sites (N-methyl/N-ethyl adjacent to an activating group) is 1. The third kappa shape index (κ3) is 5.72. The van der Waals surface area contributed by atoms with Crippen molar-refractivity contribution in [2.75, 3.05) is 52.9 Å². The molecule has 154 valence electrons. The van der Waals surface area contributed by atoms with Crippen LogP contribution in [0.15, 0.2) is 33.7 Å². The summed E-state index contributed by atoms with van der Waals surface area (Å²) in [5.74, 6) is 1.80. The zero-order chi connectivity index (χ0) is 19.8. The van der Waals surface area contributed by atoms with Crippen molar-refractivity contribution >= 4 is 16.9 Å². The molecule has 0 radical (unpaired) electrons. The number of benzene rings is 1. The van der Waals surface area contributed by atoms with E-state index in [-0.39, 0.29) is 0 Å². The van der Waals surface area contributed by atoms with Crippen LogP contribution in [0.1, 0.15) is 31.1 Å². The average Bonchev–Trinajstić information content (AvgIpc) is 2.87. The predicted octanol–water partition coefficient (Wildman–Crippen LogP) is 2.82. The topological polar surface area (TPSA) is 56.0 Å². The molecule has 0 atom stereocenters. The molecular weight excluding hydrogens is 350 g/mol. The Morgan fingerprint density at radius 1 is 1.14 bits per heavy atom. The third-order valence-corrected chi connectivity index (χ3v) is 5.42. The number of rotatable bonds is 7. The number of hydrogen-bond donors (Lipinski definition) is 2. The van der Waals surface area contributed by atoms with E-state index in [9.17, 15) is 0 Å². The summed E-state index contributed by atoms with van der Waals surface area (Å²) >= 11 is 0. The first-order valence-electron chi connectivity index (χ1n) is 10.6. The lowest BCUT2D eigenvalue weighted by molar-refractivity contribution is 0.274. The van der Waals surface area contributed by atoms with Gasteiger partial charge in [-0.25, -0.2) is 4.99 Å². The van der Waals surface area contributed by atoms with Gasteiger partial charge in [-0.15, -0.1) is 0 Å². The summed E-state index contributed by atoms with van der Waals surface area (Å²) in [6.07, 6.45) is 2.39. The summed E-state index contributed by atoms with van der Waals surface area (Å²) in [6, 6.07) is 8.17. The Morgan fingerprint density at radius 2 is 2.00 bits per heavy atom. The van der Waals surface area contributed by atoms with Crippen LogP contribution in [-0.2, 0) is 6.54 Å². The van der Waals surface area contributed by atoms with Crippen molar-refractivity contribution in [1.29, 1.82) is 0 Å². The van der Waals surface area contributed by atoms with Gasteiger partial charge in [-0.1, -0.05) is 18.2 Å². The maximum absolute atomic E-state index is 5.98. The summed E-state index contributed by atoms with van der Waals surface area (Å²) in [7, 11) is 2.22. The van der Waals surface area contributed by atoms with E-state index in [1.807, 2.05) is 18.2 Å². The van der Waals surface area contributed by atoms with Crippen LogP contribution in [0.5, 0.6) is 0 Å². The van der Waals surface area contributed by atoms with Crippen molar-refractivity contribution in [1.82, 2.24) is 20.4 Å². The quantitative estimate of drug-likeness (QED) is 0.436. The van der Waals surface area contributed by atoms with Gasteiger partial charge < -0.3 is 24.9 Å². The average molecular weight is 386 g/mol. The third-order valence-electron chi connectivity index (χ3n) is 5.42. The Bertz CT molecular complexity index is 769. The second-order valence-electron chi connectivity index (χ2n) is 7.62. The minimum Gasteiger partial charge on any atom is -0.459 e. The van der Waals surface area contributed by atoms with Crippen LogP contribution < -0.4 is 10.6 Å². The molecule has 1 fully saturated rings. The highest BCUT2D eigenvalue weighted by Crippen LogP contribution is 2.25. The van der Waals surface area contributed by atoms with Gasteiger partial charge in [0, 0.05) is 37.1 Å². The highest BCUT2D eigenvalue weighted by Gasteiger charge is 2.12. The van der Waals surface area contributed by atoms with Crippen LogP contribution in [0.2, 0.25) is 0 Å². The monoisotopic (exact) mass is 385 g/mol. The van der Waals surface area contributed by atoms with E-state index in [0.29, 0.717) is 6.54 Å². The first kappa shape index (κ1) is 20.7. The van der Waals surface area contributed by atoms with E-state index in [1.165, 1.54) is 43.5 Å². The highest BCUT2D eigenvalue weighted by atomic mass is 16.3. The van der Waals surface area contributed by atoms with Crippen molar-refractivity contribution in [2.45, 2.75) is 33.2 Å². The molecule has 6 heteroatoms. The largest absolute Gasteiger partial charge is 0.459 e. The van der Waals surface area contributed by atoms with Crippen LogP contribution >= 0.6 is 0 Å². The molecule has 0 aliphatic carbocycles. The van der Waals surface area contributed by atoms with E-state index < -0.39 is 0 Å². The Kier molecular flexibility index (Phi) is 7.74. The number of aliphatic imine (C=N–C) groups is 1. The molecule has 0 saturated carbocycles. The fraction of sp³-hybridized carbons (Fsp3) is 0.591. The summed E-state index contributed by atoms with van der Waals surface area (Å²) in [5, 5.41) is 7.98. The van der Waals surface area contributed by atoms with Crippen LogP contribution in [0.3, 0.4) is 0 Å². The highest BCUT2D eigenvalue weighted by molar-refractivity contribution is 5.82. The standard InChI is InChI=1S/C22H35N5O/c1-4-23-22(24-11-7-13-27-14-8-12-26(3)15-16-27)25-17-21-18(2)19-9-5-6-10-20(19)28-21/h5-6,9-10H,4,7-8,11-17H2,1-3H3,(H2,23,24,25). The fourth-order valence-corrected chi connectivity index (χ4v) is 3.70. The van der Waals surface area contributed by atoms with Gasteiger partial charge in [0.05, 0.1) is 0 Å². The summed E-state index contributed by atoms with van der Waals surface area (Å²) in [4.78, 5) is 9.73. The molecule has 1 saturated heterocycles. The van der Waals surface area contributed by atoms with Gasteiger partial charge in [0.1, 0.15) is 17.9 Å². The van der Waals surface area contributed by atoms with Gasteiger partial charge in [0.15, 0.2) is 5.96 Å².